The lowest BCUT2D eigenvalue weighted by Gasteiger charge is -2.08. The molecule has 2 nitrogen and oxygen atoms in total. The van der Waals surface area contributed by atoms with Crippen LogP contribution in [0.25, 0.3) is 0 Å². The first kappa shape index (κ1) is 12.7. The number of nitrogens with zero attached hydrogens (tertiary/aromatic N) is 2. The molecule has 0 saturated carbocycles. The summed E-state index contributed by atoms with van der Waals surface area (Å²) in [6, 6.07) is 2.11. The van der Waals surface area contributed by atoms with Gasteiger partial charge in [-0.25, -0.2) is 0 Å². The number of aliphatic imine (C=N–C) groups is 1. The minimum Gasteiger partial charge on any atom is -0.291 e. The van der Waals surface area contributed by atoms with Gasteiger partial charge in [-0.2, -0.15) is 0 Å². The van der Waals surface area contributed by atoms with Crippen LogP contribution in [0.15, 0.2) is 26.6 Å². The third-order valence-corrected chi connectivity index (χ3v) is 3.34. The van der Waals surface area contributed by atoms with Crippen LogP contribution in [0.2, 0.25) is 0 Å². The van der Waals surface area contributed by atoms with Crippen molar-refractivity contribution in [3.63, 3.8) is 0 Å². The van der Waals surface area contributed by atoms with Gasteiger partial charge in [0, 0.05) is 22.6 Å². The summed E-state index contributed by atoms with van der Waals surface area (Å²) in [6.45, 7) is 4.25. The lowest BCUT2D eigenvalue weighted by Crippen LogP contribution is -2.04. The van der Waals surface area contributed by atoms with Crippen LogP contribution in [0, 0.1) is 0 Å². The maximum Gasteiger partial charge on any atom is 0.0976 e. The summed E-state index contributed by atoms with van der Waals surface area (Å²) in [5.41, 5.74) is 2.09. The molecular formula is C11H15BrN2S. The van der Waals surface area contributed by atoms with Crippen LogP contribution in [0.4, 0.5) is 0 Å². The van der Waals surface area contributed by atoms with E-state index in [9.17, 15) is 0 Å². The highest BCUT2D eigenvalue weighted by Gasteiger charge is 2.09. The monoisotopic (exact) mass is 286 g/mol. The van der Waals surface area contributed by atoms with Crippen LogP contribution in [0.1, 0.15) is 26.0 Å². The third-order valence-electron chi connectivity index (χ3n) is 2.00. The summed E-state index contributed by atoms with van der Waals surface area (Å²) >= 11 is 5.25. The maximum absolute atomic E-state index is 4.44. The van der Waals surface area contributed by atoms with Crippen LogP contribution >= 0.6 is 27.7 Å². The molecule has 1 rings (SSSR count). The Labute approximate surface area is 104 Å². The van der Waals surface area contributed by atoms with Gasteiger partial charge in [0.05, 0.1) is 11.4 Å². The summed E-state index contributed by atoms with van der Waals surface area (Å²) in [4.78, 5) is 9.92. The summed E-state index contributed by atoms with van der Waals surface area (Å²) in [6.07, 6.45) is 2.75. The number of hydrogen-bond acceptors (Lipinski definition) is 3. The summed E-state index contributed by atoms with van der Waals surface area (Å²) < 4.78 is 1.02. The van der Waals surface area contributed by atoms with Crippen molar-refractivity contribution >= 4 is 33.4 Å². The smallest absolute Gasteiger partial charge is 0.0976 e. The average molecular weight is 287 g/mol. The van der Waals surface area contributed by atoms with E-state index < -0.39 is 0 Å². The third kappa shape index (κ3) is 3.31. The van der Waals surface area contributed by atoms with Crippen LogP contribution in [-0.4, -0.2) is 23.5 Å². The molecular weight excluding hydrogens is 272 g/mol. The highest BCUT2D eigenvalue weighted by atomic mass is 79.9. The van der Waals surface area contributed by atoms with Crippen molar-refractivity contribution in [1.82, 2.24) is 4.98 Å². The SMILES string of the molecule is CCSc1cc(Br)cnc1C(CC)=NC. The van der Waals surface area contributed by atoms with Crippen LogP contribution < -0.4 is 0 Å². The molecule has 0 atom stereocenters. The zero-order valence-corrected chi connectivity index (χ0v) is 11.7. The second-order valence-corrected chi connectivity index (χ2v) is 5.18. The van der Waals surface area contributed by atoms with Crippen LogP contribution in [0.3, 0.4) is 0 Å². The van der Waals surface area contributed by atoms with Gasteiger partial charge in [0.2, 0.25) is 0 Å². The van der Waals surface area contributed by atoms with Gasteiger partial charge in [0.1, 0.15) is 0 Å². The Balaban J connectivity index is 3.15. The van der Waals surface area contributed by atoms with E-state index >= 15 is 0 Å². The number of rotatable bonds is 4. The van der Waals surface area contributed by atoms with Gasteiger partial charge in [-0.15, -0.1) is 11.8 Å². The second kappa shape index (κ2) is 6.28. The molecule has 0 N–H and O–H groups in total. The maximum atomic E-state index is 4.44. The molecule has 0 unspecified atom stereocenters. The van der Waals surface area contributed by atoms with E-state index in [0.717, 1.165) is 28.1 Å². The van der Waals surface area contributed by atoms with Gasteiger partial charge in [0.15, 0.2) is 0 Å². The van der Waals surface area contributed by atoms with Gasteiger partial charge in [0.25, 0.3) is 0 Å². The average Bonchev–Trinajstić information content (AvgIpc) is 2.23. The summed E-state index contributed by atoms with van der Waals surface area (Å²) in [5, 5.41) is 0. The zero-order valence-electron chi connectivity index (χ0n) is 9.25. The van der Waals surface area contributed by atoms with Crippen molar-refractivity contribution < 1.29 is 0 Å². The standard InChI is InChI=1S/C11H15BrN2S/c1-4-9(13-3)11-10(15-5-2)6-8(12)7-14-11/h6-7H,4-5H2,1-3H3. The van der Waals surface area contributed by atoms with Crippen molar-refractivity contribution in [2.75, 3.05) is 12.8 Å². The van der Waals surface area contributed by atoms with Crippen molar-refractivity contribution in [3.05, 3.63) is 22.4 Å². The molecule has 0 spiro atoms. The Hall–Kier alpha value is -0.350. The van der Waals surface area contributed by atoms with E-state index in [1.54, 1.807) is 11.8 Å². The van der Waals surface area contributed by atoms with E-state index in [2.05, 4.69) is 45.8 Å². The van der Waals surface area contributed by atoms with Gasteiger partial charge in [-0.05, 0) is 34.2 Å². The number of hydrogen-bond donors (Lipinski definition) is 0. The van der Waals surface area contributed by atoms with Gasteiger partial charge in [-0.1, -0.05) is 13.8 Å². The van der Waals surface area contributed by atoms with Crippen LogP contribution in [0.5, 0.6) is 0 Å². The van der Waals surface area contributed by atoms with E-state index in [-0.39, 0.29) is 0 Å². The molecule has 0 aliphatic heterocycles. The van der Waals surface area contributed by atoms with E-state index in [4.69, 9.17) is 0 Å². The molecule has 1 aromatic rings. The molecule has 0 fully saturated rings. The first-order valence-corrected chi connectivity index (χ1v) is 6.75. The lowest BCUT2D eigenvalue weighted by atomic mass is 10.2. The minimum absolute atomic E-state index is 0.919. The Morgan fingerprint density at radius 1 is 1.53 bits per heavy atom. The minimum atomic E-state index is 0.919. The summed E-state index contributed by atoms with van der Waals surface area (Å²) in [5.74, 6) is 1.05. The largest absolute Gasteiger partial charge is 0.291 e. The zero-order chi connectivity index (χ0) is 11.3. The molecule has 0 aliphatic rings. The fourth-order valence-corrected chi connectivity index (χ4v) is 2.65. The molecule has 1 heterocycles. The number of pyridine rings is 1. The van der Waals surface area contributed by atoms with E-state index in [0.29, 0.717) is 0 Å². The highest BCUT2D eigenvalue weighted by Crippen LogP contribution is 2.25. The number of halogens is 1. The van der Waals surface area contributed by atoms with E-state index in [1.165, 1.54) is 4.90 Å². The molecule has 0 amide bonds. The topological polar surface area (TPSA) is 25.2 Å². The molecule has 0 aliphatic carbocycles. The fourth-order valence-electron chi connectivity index (χ4n) is 1.33. The predicted molar refractivity (Wildman–Crippen MR) is 71.1 cm³/mol. The Morgan fingerprint density at radius 2 is 2.27 bits per heavy atom. The molecule has 0 bridgehead atoms. The van der Waals surface area contributed by atoms with Crippen molar-refractivity contribution in [3.8, 4) is 0 Å². The highest BCUT2D eigenvalue weighted by molar-refractivity contribution is 9.10. The molecule has 1 aromatic heterocycles. The Bertz CT molecular complexity index is 364. The Kier molecular flexibility index (Phi) is 5.32. The molecule has 82 valence electrons. The van der Waals surface area contributed by atoms with Crippen molar-refractivity contribution in [2.24, 2.45) is 4.99 Å². The fraction of sp³-hybridized carbons (Fsp3) is 0.455. The Morgan fingerprint density at radius 3 is 2.80 bits per heavy atom. The number of aromatic nitrogens is 1. The van der Waals surface area contributed by atoms with Crippen LogP contribution in [-0.2, 0) is 0 Å². The van der Waals surface area contributed by atoms with Crippen molar-refractivity contribution in [1.29, 1.82) is 0 Å². The first-order valence-electron chi connectivity index (χ1n) is 4.97. The molecule has 4 heteroatoms. The van der Waals surface area contributed by atoms with Gasteiger partial charge in [-0.3, -0.25) is 9.98 Å². The molecule has 0 radical (unpaired) electrons. The predicted octanol–water partition coefficient (Wildman–Crippen LogP) is 3.79. The lowest BCUT2D eigenvalue weighted by molar-refractivity contribution is 1.13. The molecule has 15 heavy (non-hydrogen) atoms. The first-order chi connectivity index (χ1) is 7.22. The van der Waals surface area contributed by atoms with Crippen molar-refractivity contribution in [2.45, 2.75) is 25.2 Å². The molecule has 0 aromatic carbocycles. The summed E-state index contributed by atoms with van der Waals surface area (Å²) in [7, 11) is 1.82. The van der Waals surface area contributed by atoms with Gasteiger partial charge < -0.3 is 0 Å². The van der Waals surface area contributed by atoms with Gasteiger partial charge >= 0.3 is 0 Å². The van der Waals surface area contributed by atoms with E-state index in [1.807, 2.05) is 13.2 Å². The quantitative estimate of drug-likeness (QED) is 0.622. The second-order valence-electron chi connectivity index (χ2n) is 2.96. The molecule has 0 saturated heterocycles. The number of thioether (sulfide) groups is 1. The normalized spacial score (nSPS) is 11.9.